The van der Waals surface area contributed by atoms with E-state index in [9.17, 15) is 0 Å². The molecule has 3 nitrogen and oxygen atoms in total. The lowest BCUT2D eigenvalue weighted by molar-refractivity contribution is 0.332. The molecule has 248 valence electrons. The number of furan rings is 1. The molecule has 6 aromatic carbocycles. The number of rotatable bonds is 1. The number of hydrogen-bond acceptors (Lipinski definition) is 4. The molecule has 0 saturated heterocycles. The molecule has 0 fully saturated rings. The van der Waals surface area contributed by atoms with E-state index in [-0.39, 0.29) is 17.7 Å². The molecule has 3 aliphatic heterocycles. The summed E-state index contributed by atoms with van der Waals surface area (Å²) < 4.78 is 7.01. The highest BCUT2D eigenvalue weighted by atomic mass is 32.2. The Balaban J connectivity index is 1.30. The van der Waals surface area contributed by atoms with Gasteiger partial charge in [-0.25, -0.2) is 0 Å². The summed E-state index contributed by atoms with van der Waals surface area (Å²) in [4.78, 5) is 7.83. The molecular formula is C46H39BN2OS. The van der Waals surface area contributed by atoms with Gasteiger partial charge in [-0.2, -0.15) is 0 Å². The summed E-state index contributed by atoms with van der Waals surface area (Å²) in [5.41, 5.74) is 19.2. The molecule has 7 aromatic rings. The minimum atomic E-state index is -0.0740. The molecule has 4 heterocycles. The van der Waals surface area contributed by atoms with Crippen LogP contribution in [-0.4, -0.2) is 6.85 Å². The molecule has 1 aromatic heterocycles. The molecule has 11 rings (SSSR count). The van der Waals surface area contributed by atoms with Crippen LogP contribution in [0.25, 0.3) is 33.1 Å². The quantitative estimate of drug-likeness (QED) is 0.161. The Morgan fingerprint density at radius 1 is 0.627 bits per heavy atom. The number of nitrogens with zero attached hydrogens (tertiary/aromatic N) is 2. The highest BCUT2D eigenvalue weighted by molar-refractivity contribution is 7.99. The number of fused-ring (bicyclic) bond motifs is 11. The molecule has 0 atom stereocenters. The van der Waals surface area contributed by atoms with Crippen molar-refractivity contribution < 1.29 is 4.42 Å². The smallest absolute Gasteiger partial charge is 0.337 e. The minimum absolute atomic E-state index is 0.0740. The first-order valence-corrected chi connectivity index (χ1v) is 19.2. The fourth-order valence-electron chi connectivity index (χ4n) is 9.80. The van der Waals surface area contributed by atoms with Crippen molar-refractivity contribution in [2.45, 2.75) is 75.0 Å². The van der Waals surface area contributed by atoms with Crippen LogP contribution in [0.2, 0.25) is 0 Å². The largest absolute Gasteiger partial charge is 0.456 e. The highest BCUT2D eigenvalue weighted by Crippen LogP contribution is 2.57. The van der Waals surface area contributed by atoms with Gasteiger partial charge in [0.2, 0.25) is 0 Å². The number of para-hydroxylation sites is 3. The van der Waals surface area contributed by atoms with Crippen molar-refractivity contribution >= 4 is 79.9 Å². The molecule has 0 bridgehead atoms. The van der Waals surface area contributed by atoms with E-state index in [1.54, 1.807) is 0 Å². The summed E-state index contributed by atoms with van der Waals surface area (Å²) in [7, 11) is 0. The molecule has 4 aliphatic rings. The van der Waals surface area contributed by atoms with Gasteiger partial charge in [-0.05, 0) is 119 Å². The van der Waals surface area contributed by atoms with Gasteiger partial charge < -0.3 is 14.1 Å². The van der Waals surface area contributed by atoms with E-state index >= 15 is 0 Å². The molecule has 0 unspecified atom stereocenters. The molecule has 51 heavy (non-hydrogen) atoms. The van der Waals surface area contributed by atoms with Crippen molar-refractivity contribution in [2.75, 3.05) is 9.71 Å². The SMILES string of the molecule is Cc1cc2c3c(c1)N(c1cc4c(cc1C)C(C)(C)CCC4(C)C)c1ccc4c(oc5ccccc54)c1B3N1c3ccccc3Sc3cccc-2c31. The predicted octanol–water partition coefficient (Wildman–Crippen LogP) is 11.7. The van der Waals surface area contributed by atoms with Gasteiger partial charge in [-0.15, -0.1) is 0 Å². The van der Waals surface area contributed by atoms with Crippen molar-refractivity contribution in [1.29, 1.82) is 0 Å². The Bertz CT molecular complexity index is 2690. The highest BCUT2D eigenvalue weighted by Gasteiger charge is 2.49. The summed E-state index contributed by atoms with van der Waals surface area (Å²) in [6, 6.07) is 39.0. The van der Waals surface area contributed by atoms with Gasteiger partial charge in [0.25, 0.3) is 0 Å². The first kappa shape index (κ1) is 29.8. The summed E-state index contributed by atoms with van der Waals surface area (Å²) in [5.74, 6) is 0. The molecular weight excluding hydrogens is 639 g/mol. The lowest BCUT2D eigenvalue weighted by Crippen LogP contribution is -2.62. The van der Waals surface area contributed by atoms with Gasteiger partial charge >= 0.3 is 6.85 Å². The average Bonchev–Trinajstić information content (AvgIpc) is 3.50. The molecule has 0 spiro atoms. The zero-order valence-corrected chi connectivity index (χ0v) is 30.8. The summed E-state index contributed by atoms with van der Waals surface area (Å²) >= 11 is 1.89. The number of benzene rings is 6. The lowest BCUT2D eigenvalue weighted by Gasteiger charge is -2.48. The van der Waals surface area contributed by atoms with Gasteiger partial charge in [0, 0.05) is 54.3 Å². The Morgan fingerprint density at radius 3 is 2.22 bits per heavy atom. The topological polar surface area (TPSA) is 19.6 Å². The van der Waals surface area contributed by atoms with E-state index in [4.69, 9.17) is 4.42 Å². The average molecular weight is 679 g/mol. The van der Waals surface area contributed by atoms with Gasteiger partial charge in [-0.3, -0.25) is 0 Å². The van der Waals surface area contributed by atoms with Crippen LogP contribution in [-0.2, 0) is 10.8 Å². The van der Waals surface area contributed by atoms with E-state index in [0.29, 0.717) is 0 Å². The van der Waals surface area contributed by atoms with Crippen molar-refractivity contribution in [3.05, 3.63) is 125 Å². The van der Waals surface area contributed by atoms with Crippen LogP contribution in [0.1, 0.15) is 62.8 Å². The van der Waals surface area contributed by atoms with Crippen LogP contribution in [0.15, 0.2) is 117 Å². The van der Waals surface area contributed by atoms with Gasteiger partial charge in [0.05, 0.1) is 5.69 Å². The van der Waals surface area contributed by atoms with E-state index in [1.165, 1.54) is 101 Å². The maximum atomic E-state index is 7.01. The van der Waals surface area contributed by atoms with Crippen LogP contribution < -0.4 is 20.6 Å². The number of aryl methyl sites for hydroxylation is 2. The maximum absolute atomic E-state index is 7.01. The third kappa shape index (κ3) is 3.88. The van der Waals surface area contributed by atoms with Crippen LogP contribution in [0, 0.1) is 13.8 Å². The lowest BCUT2D eigenvalue weighted by atomic mass is 9.43. The minimum Gasteiger partial charge on any atom is -0.456 e. The first-order chi connectivity index (χ1) is 24.6. The van der Waals surface area contributed by atoms with Crippen LogP contribution in [0.4, 0.5) is 28.4 Å². The third-order valence-corrected chi connectivity index (χ3v) is 13.6. The van der Waals surface area contributed by atoms with Crippen LogP contribution >= 0.6 is 11.8 Å². The van der Waals surface area contributed by atoms with Gasteiger partial charge in [0.1, 0.15) is 11.2 Å². The van der Waals surface area contributed by atoms with E-state index < -0.39 is 0 Å². The molecule has 0 amide bonds. The third-order valence-electron chi connectivity index (χ3n) is 12.4. The zero-order chi connectivity index (χ0) is 34.6. The van der Waals surface area contributed by atoms with Crippen molar-refractivity contribution in [1.82, 2.24) is 0 Å². The molecule has 0 radical (unpaired) electrons. The van der Waals surface area contributed by atoms with E-state index in [1.807, 2.05) is 11.8 Å². The molecule has 1 aliphatic carbocycles. The number of anilines is 5. The Labute approximate surface area is 304 Å². The predicted molar refractivity (Wildman–Crippen MR) is 216 cm³/mol. The zero-order valence-electron chi connectivity index (χ0n) is 30.0. The monoisotopic (exact) mass is 678 g/mol. The molecule has 0 N–H and O–H groups in total. The van der Waals surface area contributed by atoms with E-state index in [2.05, 4.69) is 154 Å². The van der Waals surface area contributed by atoms with Crippen LogP contribution in [0.5, 0.6) is 0 Å². The molecule has 5 heteroatoms. The second-order valence-electron chi connectivity index (χ2n) is 16.5. The number of hydrogen-bond donors (Lipinski definition) is 0. The maximum Gasteiger partial charge on any atom is 0.337 e. The Hall–Kier alpha value is -4.87. The Morgan fingerprint density at radius 2 is 1.37 bits per heavy atom. The normalized spacial score (nSPS) is 17.2. The van der Waals surface area contributed by atoms with Crippen molar-refractivity contribution in [3.63, 3.8) is 0 Å². The molecule has 0 saturated carbocycles. The van der Waals surface area contributed by atoms with Gasteiger partial charge in [0.15, 0.2) is 0 Å². The van der Waals surface area contributed by atoms with Gasteiger partial charge in [-0.1, -0.05) is 94.1 Å². The van der Waals surface area contributed by atoms with Crippen molar-refractivity contribution in [2.24, 2.45) is 0 Å². The standard InChI is InChI=1S/C46H39BN2OS/c1-26-22-31-29-13-11-17-40-43(29)49(34-14-8-10-16-39(34)51-40)47-41(31)37(23-26)48(35-19-18-30-28-12-7-9-15-38(28)50-44(30)42(35)47)36-25-33-32(24-27(36)2)45(3,4)20-21-46(33,5)6/h7-19,22-25H,20-21H2,1-6H3. The van der Waals surface area contributed by atoms with Crippen molar-refractivity contribution in [3.8, 4) is 11.1 Å². The second kappa shape index (κ2) is 9.92. The summed E-state index contributed by atoms with van der Waals surface area (Å²) in [6.45, 7) is 14.2. The van der Waals surface area contributed by atoms with Crippen LogP contribution in [0.3, 0.4) is 0 Å². The summed E-state index contributed by atoms with van der Waals surface area (Å²) in [6.07, 6.45) is 2.38. The second-order valence-corrected chi connectivity index (χ2v) is 17.6. The van der Waals surface area contributed by atoms with E-state index in [0.717, 1.165) is 16.6 Å². The fourth-order valence-corrected chi connectivity index (χ4v) is 10.9. The summed E-state index contributed by atoms with van der Waals surface area (Å²) in [5, 5.41) is 2.34. The fraction of sp³-hybridized carbons (Fsp3) is 0.217. The first-order valence-electron chi connectivity index (χ1n) is 18.3. The Kier molecular flexibility index (Phi) is 5.80.